The number of nitrogens with zero attached hydrogens (tertiary/aromatic N) is 4. The van der Waals surface area contributed by atoms with Crippen molar-refractivity contribution in [2.45, 2.75) is 32.7 Å². The Bertz CT molecular complexity index is 1300. The molecule has 194 valence electrons. The van der Waals surface area contributed by atoms with E-state index in [0.29, 0.717) is 42.1 Å². The highest BCUT2D eigenvalue weighted by atomic mass is 16.5. The number of para-hydroxylation sites is 1. The maximum absolute atomic E-state index is 13.4. The number of carbonyl (C=O) groups is 2. The van der Waals surface area contributed by atoms with Crippen LogP contribution in [0.25, 0.3) is 11.4 Å². The normalized spacial score (nSPS) is 17.1. The SMILES string of the molecule is CCCOc1cccc(C2/C(=C(\O)c3cnn(-c4ccccc4)c3C)C(=O)C(=O)N2CCCN(C)C)c1. The Balaban J connectivity index is 1.80. The number of Topliss-reactive ketones (excluding diaryl/α,β-unsaturated/α-hetero) is 1. The quantitative estimate of drug-likeness (QED) is 0.252. The largest absolute Gasteiger partial charge is 0.507 e. The highest BCUT2D eigenvalue weighted by molar-refractivity contribution is 6.46. The Morgan fingerprint density at radius 2 is 1.86 bits per heavy atom. The minimum absolute atomic E-state index is 0.0678. The van der Waals surface area contributed by atoms with Crippen molar-refractivity contribution in [1.29, 1.82) is 0 Å². The second kappa shape index (κ2) is 11.4. The molecule has 1 N–H and O–H groups in total. The summed E-state index contributed by atoms with van der Waals surface area (Å²) in [6, 6.07) is 16.2. The van der Waals surface area contributed by atoms with Crippen LogP contribution in [0.15, 0.2) is 66.4 Å². The van der Waals surface area contributed by atoms with Gasteiger partial charge in [0.25, 0.3) is 11.7 Å². The molecule has 1 unspecified atom stereocenters. The van der Waals surface area contributed by atoms with Gasteiger partial charge in [-0.25, -0.2) is 4.68 Å². The van der Waals surface area contributed by atoms with Gasteiger partial charge < -0.3 is 19.6 Å². The number of ketones is 1. The molecular formula is C29H34N4O4. The average Bonchev–Trinajstić information content (AvgIpc) is 3.40. The van der Waals surface area contributed by atoms with E-state index in [1.54, 1.807) is 9.58 Å². The van der Waals surface area contributed by atoms with Gasteiger partial charge in [-0.3, -0.25) is 9.59 Å². The molecule has 1 aliphatic rings. The summed E-state index contributed by atoms with van der Waals surface area (Å²) in [5, 5.41) is 16.0. The number of hydrogen-bond donors (Lipinski definition) is 1. The minimum Gasteiger partial charge on any atom is -0.507 e. The van der Waals surface area contributed by atoms with Gasteiger partial charge in [0.05, 0.1) is 41.4 Å². The van der Waals surface area contributed by atoms with Crippen LogP contribution >= 0.6 is 0 Å². The number of aliphatic hydroxyl groups is 1. The summed E-state index contributed by atoms with van der Waals surface area (Å²) >= 11 is 0. The van der Waals surface area contributed by atoms with Gasteiger partial charge in [0.2, 0.25) is 0 Å². The second-order valence-corrected chi connectivity index (χ2v) is 9.46. The summed E-state index contributed by atoms with van der Waals surface area (Å²) in [5.41, 5.74) is 2.70. The first-order chi connectivity index (χ1) is 17.8. The molecular weight excluding hydrogens is 468 g/mol. The molecule has 0 spiro atoms. The fourth-order valence-corrected chi connectivity index (χ4v) is 4.63. The fourth-order valence-electron chi connectivity index (χ4n) is 4.63. The smallest absolute Gasteiger partial charge is 0.295 e. The monoisotopic (exact) mass is 502 g/mol. The Labute approximate surface area is 217 Å². The third-order valence-corrected chi connectivity index (χ3v) is 6.46. The molecule has 8 nitrogen and oxygen atoms in total. The van der Waals surface area contributed by atoms with Gasteiger partial charge >= 0.3 is 0 Å². The number of hydrogen-bond acceptors (Lipinski definition) is 6. The molecule has 1 atom stereocenters. The standard InChI is InChI=1S/C29H34N4O4/c1-5-17-37-23-14-9-11-21(18-23)26-25(28(35)29(36)32(26)16-10-15-31(3)4)27(34)24-19-30-33(20(24)2)22-12-7-6-8-13-22/h6-9,11-14,18-19,26,34H,5,10,15-17H2,1-4H3/b27-25+. The second-order valence-electron chi connectivity index (χ2n) is 9.46. The van der Waals surface area contributed by atoms with Crippen LogP contribution in [0.3, 0.4) is 0 Å². The Morgan fingerprint density at radius 3 is 2.57 bits per heavy atom. The number of benzene rings is 2. The van der Waals surface area contributed by atoms with E-state index in [1.165, 1.54) is 6.20 Å². The number of carbonyl (C=O) groups excluding carboxylic acids is 2. The van der Waals surface area contributed by atoms with Crippen LogP contribution in [-0.4, -0.2) is 70.2 Å². The predicted molar refractivity (Wildman–Crippen MR) is 143 cm³/mol. The molecule has 2 heterocycles. The van der Waals surface area contributed by atoms with Crippen LogP contribution < -0.4 is 4.74 Å². The summed E-state index contributed by atoms with van der Waals surface area (Å²) in [6.07, 6.45) is 3.08. The van der Waals surface area contributed by atoms with E-state index >= 15 is 0 Å². The Kier molecular flexibility index (Phi) is 8.08. The summed E-state index contributed by atoms with van der Waals surface area (Å²) in [7, 11) is 3.93. The number of likely N-dealkylation sites (tertiary alicyclic amines) is 1. The van der Waals surface area contributed by atoms with E-state index in [9.17, 15) is 14.7 Å². The molecule has 1 fully saturated rings. The molecule has 37 heavy (non-hydrogen) atoms. The molecule has 1 amide bonds. The van der Waals surface area contributed by atoms with Crippen molar-refractivity contribution in [3.63, 3.8) is 0 Å². The summed E-state index contributed by atoms with van der Waals surface area (Å²) in [5.74, 6) is -0.873. The maximum Gasteiger partial charge on any atom is 0.295 e. The maximum atomic E-state index is 13.4. The zero-order valence-corrected chi connectivity index (χ0v) is 21.8. The molecule has 4 rings (SSSR count). The molecule has 1 aromatic heterocycles. The van der Waals surface area contributed by atoms with Crippen molar-refractivity contribution in [3.05, 3.63) is 83.2 Å². The lowest BCUT2D eigenvalue weighted by Crippen LogP contribution is -2.32. The number of rotatable bonds is 10. The van der Waals surface area contributed by atoms with Crippen LogP contribution in [0.2, 0.25) is 0 Å². The van der Waals surface area contributed by atoms with Gasteiger partial charge in [0.15, 0.2) is 0 Å². The molecule has 0 saturated carbocycles. The van der Waals surface area contributed by atoms with Crippen molar-refractivity contribution in [3.8, 4) is 11.4 Å². The lowest BCUT2D eigenvalue weighted by Gasteiger charge is -2.26. The van der Waals surface area contributed by atoms with Crippen molar-refractivity contribution >= 4 is 17.4 Å². The molecule has 0 aliphatic carbocycles. The van der Waals surface area contributed by atoms with Crippen LogP contribution in [0.5, 0.6) is 5.75 Å². The van der Waals surface area contributed by atoms with Gasteiger partial charge in [-0.2, -0.15) is 5.10 Å². The number of aliphatic hydroxyl groups excluding tert-OH is 1. The zero-order valence-electron chi connectivity index (χ0n) is 21.8. The third kappa shape index (κ3) is 5.44. The first-order valence-electron chi connectivity index (χ1n) is 12.6. The number of amides is 1. The van der Waals surface area contributed by atoms with E-state index in [0.717, 1.165) is 18.7 Å². The van der Waals surface area contributed by atoms with Gasteiger partial charge in [-0.05, 0) is 70.2 Å². The summed E-state index contributed by atoms with van der Waals surface area (Å²) < 4.78 is 7.53. The molecule has 0 bridgehead atoms. The van der Waals surface area contributed by atoms with Crippen LogP contribution in [-0.2, 0) is 9.59 Å². The first-order valence-corrected chi connectivity index (χ1v) is 12.6. The van der Waals surface area contributed by atoms with Crippen LogP contribution in [0, 0.1) is 6.92 Å². The van der Waals surface area contributed by atoms with E-state index in [1.807, 2.05) is 87.4 Å². The van der Waals surface area contributed by atoms with Crippen LogP contribution in [0.1, 0.15) is 42.6 Å². The van der Waals surface area contributed by atoms with Crippen LogP contribution in [0.4, 0.5) is 0 Å². The minimum atomic E-state index is -0.730. The first kappa shape index (κ1) is 26.2. The highest BCUT2D eigenvalue weighted by Gasteiger charge is 2.46. The molecule has 3 aromatic rings. The van der Waals surface area contributed by atoms with Crippen molar-refractivity contribution in [2.75, 3.05) is 33.8 Å². The predicted octanol–water partition coefficient (Wildman–Crippen LogP) is 4.34. The van der Waals surface area contributed by atoms with Gasteiger partial charge in [-0.15, -0.1) is 0 Å². The lowest BCUT2D eigenvalue weighted by molar-refractivity contribution is -0.139. The highest BCUT2D eigenvalue weighted by Crippen LogP contribution is 2.40. The Hall–Kier alpha value is -3.91. The molecule has 0 radical (unpaired) electrons. The van der Waals surface area contributed by atoms with Crippen molar-refractivity contribution in [1.82, 2.24) is 19.6 Å². The van der Waals surface area contributed by atoms with E-state index in [2.05, 4.69) is 5.10 Å². The Morgan fingerprint density at radius 1 is 1.11 bits per heavy atom. The topological polar surface area (TPSA) is 87.9 Å². The van der Waals surface area contributed by atoms with Gasteiger partial charge in [0, 0.05) is 6.54 Å². The summed E-state index contributed by atoms with van der Waals surface area (Å²) in [6.45, 7) is 5.56. The van der Waals surface area contributed by atoms with E-state index < -0.39 is 17.7 Å². The fraction of sp³-hybridized carbons (Fsp3) is 0.345. The van der Waals surface area contributed by atoms with Gasteiger partial charge in [0.1, 0.15) is 11.5 Å². The number of aromatic nitrogens is 2. The van der Waals surface area contributed by atoms with Crippen molar-refractivity contribution < 1.29 is 19.4 Å². The molecule has 8 heteroatoms. The van der Waals surface area contributed by atoms with Gasteiger partial charge in [-0.1, -0.05) is 37.3 Å². The molecule has 2 aromatic carbocycles. The lowest BCUT2D eigenvalue weighted by atomic mass is 9.95. The average molecular weight is 503 g/mol. The van der Waals surface area contributed by atoms with E-state index in [4.69, 9.17) is 4.74 Å². The molecule has 1 aliphatic heterocycles. The zero-order chi connectivity index (χ0) is 26.5. The molecule has 1 saturated heterocycles. The number of ether oxygens (including phenoxy) is 1. The van der Waals surface area contributed by atoms with Crippen molar-refractivity contribution in [2.24, 2.45) is 0 Å². The third-order valence-electron chi connectivity index (χ3n) is 6.46. The summed E-state index contributed by atoms with van der Waals surface area (Å²) in [4.78, 5) is 30.2. The van der Waals surface area contributed by atoms with E-state index in [-0.39, 0.29) is 11.3 Å².